The van der Waals surface area contributed by atoms with Crippen LogP contribution >= 0.6 is 11.6 Å². The number of pyridine rings is 1. The van der Waals surface area contributed by atoms with Crippen molar-refractivity contribution < 1.29 is 4.39 Å². The van der Waals surface area contributed by atoms with E-state index in [4.69, 9.17) is 16.6 Å². The molecule has 0 spiro atoms. The molecular formula is C33H37ClFN3. The van der Waals surface area contributed by atoms with Gasteiger partial charge >= 0.3 is 0 Å². The standard InChI is InChI=1S/C33H37ClFN3/c1-23-20-26(35)16-17-28(23)30-15-7-12-25-11-5-6-14-29(25)33(30)31-22-37-27(21-32(31)34)13-9-19-36-18-8-10-24(2)38(3)4/h5-6,8,10-11,14,16-17,20-22,36H,2,7,9,12-13,15,18-19H2,1,3-4H3/b10-8+. The first-order valence-electron chi connectivity index (χ1n) is 13.3. The first-order chi connectivity index (χ1) is 18.3. The highest BCUT2D eigenvalue weighted by molar-refractivity contribution is 6.33. The van der Waals surface area contributed by atoms with Crippen molar-refractivity contribution in [3.63, 3.8) is 0 Å². The molecular weight excluding hydrogens is 493 g/mol. The van der Waals surface area contributed by atoms with Crippen LogP contribution in [0.2, 0.25) is 5.02 Å². The fraction of sp³-hybridized carbons (Fsp3) is 0.303. The molecule has 0 radical (unpaired) electrons. The number of benzene rings is 2. The SMILES string of the molecule is C=C(/C=C/CNCCCc1cc(Cl)c(C2=C(c3ccc(F)cc3C)CCCc3ccccc32)cn1)N(C)C. The summed E-state index contributed by atoms with van der Waals surface area (Å²) in [5.74, 6) is -0.212. The summed E-state index contributed by atoms with van der Waals surface area (Å²) in [5.41, 5.74) is 9.74. The van der Waals surface area contributed by atoms with E-state index in [1.54, 1.807) is 12.1 Å². The third-order valence-corrected chi connectivity index (χ3v) is 7.40. The molecule has 0 unspecified atom stereocenters. The van der Waals surface area contributed by atoms with Crippen molar-refractivity contribution in [1.29, 1.82) is 0 Å². The molecule has 1 N–H and O–H groups in total. The van der Waals surface area contributed by atoms with Gasteiger partial charge in [-0.2, -0.15) is 0 Å². The van der Waals surface area contributed by atoms with Gasteiger partial charge in [0.1, 0.15) is 5.82 Å². The maximum Gasteiger partial charge on any atom is 0.123 e. The topological polar surface area (TPSA) is 28.2 Å². The number of halogens is 2. The van der Waals surface area contributed by atoms with Gasteiger partial charge in [0.15, 0.2) is 0 Å². The van der Waals surface area contributed by atoms with Crippen molar-refractivity contribution in [1.82, 2.24) is 15.2 Å². The van der Waals surface area contributed by atoms with Crippen molar-refractivity contribution in [2.75, 3.05) is 27.2 Å². The Balaban J connectivity index is 1.56. The normalized spacial score (nSPS) is 13.5. The predicted molar refractivity (Wildman–Crippen MR) is 159 cm³/mol. The lowest BCUT2D eigenvalue weighted by molar-refractivity contribution is 0.532. The Kier molecular flexibility index (Phi) is 9.54. The third kappa shape index (κ3) is 6.80. The van der Waals surface area contributed by atoms with Crippen molar-refractivity contribution in [3.05, 3.63) is 124 Å². The summed E-state index contributed by atoms with van der Waals surface area (Å²) in [6.07, 6.45) is 10.8. The highest BCUT2D eigenvalue weighted by Crippen LogP contribution is 2.42. The fourth-order valence-corrected chi connectivity index (χ4v) is 5.25. The van der Waals surface area contributed by atoms with Crippen LogP contribution in [0.15, 0.2) is 79.2 Å². The molecule has 5 heteroatoms. The zero-order valence-corrected chi connectivity index (χ0v) is 23.4. The van der Waals surface area contributed by atoms with Gasteiger partial charge in [0.2, 0.25) is 0 Å². The molecule has 1 aliphatic carbocycles. The second kappa shape index (κ2) is 13.0. The monoisotopic (exact) mass is 529 g/mol. The molecule has 198 valence electrons. The summed E-state index contributed by atoms with van der Waals surface area (Å²) in [5, 5.41) is 4.14. The Morgan fingerprint density at radius 1 is 1.11 bits per heavy atom. The summed E-state index contributed by atoms with van der Waals surface area (Å²) in [6.45, 7) is 7.67. The molecule has 3 aromatic rings. The molecule has 0 bridgehead atoms. The maximum atomic E-state index is 14.0. The quantitative estimate of drug-likeness (QED) is 0.216. The van der Waals surface area contributed by atoms with Crippen LogP contribution in [0.1, 0.15) is 52.8 Å². The van der Waals surface area contributed by atoms with E-state index in [9.17, 15) is 4.39 Å². The van der Waals surface area contributed by atoms with Crippen LogP contribution in [0.5, 0.6) is 0 Å². The summed E-state index contributed by atoms with van der Waals surface area (Å²) in [7, 11) is 3.97. The molecule has 38 heavy (non-hydrogen) atoms. The first-order valence-corrected chi connectivity index (χ1v) is 13.7. The molecule has 2 aromatic carbocycles. The highest BCUT2D eigenvalue weighted by Gasteiger charge is 2.23. The van der Waals surface area contributed by atoms with Gasteiger partial charge in [0.25, 0.3) is 0 Å². The molecule has 0 atom stereocenters. The van der Waals surface area contributed by atoms with E-state index in [1.807, 2.05) is 50.3 Å². The molecule has 0 amide bonds. The Labute approximate surface area is 231 Å². The van der Waals surface area contributed by atoms with E-state index < -0.39 is 0 Å². The number of allylic oxidation sites excluding steroid dienone is 2. The van der Waals surface area contributed by atoms with Crippen LogP contribution < -0.4 is 5.32 Å². The van der Waals surface area contributed by atoms with E-state index in [0.717, 1.165) is 78.8 Å². The highest BCUT2D eigenvalue weighted by atomic mass is 35.5. The Morgan fingerprint density at radius 3 is 2.68 bits per heavy atom. The average molecular weight is 530 g/mol. The molecule has 0 aliphatic heterocycles. The zero-order chi connectivity index (χ0) is 27.1. The van der Waals surface area contributed by atoms with E-state index in [2.05, 4.69) is 42.2 Å². The van der Waals surface area contributed by atoms with E-state index >= 15 is 0 Å². The molecule has 4 rings (SSSR count). The number of likely N-dealkylation sites (N-methyl/N-ethyl adjacent to an activating group) is 1. The summed E-state index contributed by atoms with van der Waals surface area (Å²) < 4.78 is 14.0. The third-order valence-electron chi connectivity index (χ3n) is 7.09. The molecule has 1 heterocycles. The van der Waals surface area contributed by atoms with Gasteiger partial charge < -0.3 is 10.2 Å². The second-order valence-corrected chi connectivity index (χ2v) is 10.5. The number of rotatable bonds is 10. The number of hydrogen-bond acceptors (Lipinski definition) is 3. The van der Waals surface area contributed by atoms with E-state index in [1.165, 1.54) is 16.7 Å². The van der Waals surface area contributed by atoms with Gasteiger partial charge in [-0.25, -0.2) is 4.39 Å². The van der Waals surface area contributed by atoms with Gasteiger partial charge in [-0.3, -0.25) is 4.98 Å². The van der Waals surface area contributed by atoms with Gasteiger partial charge in [-0.1, -0.05) is 54.6 Å². The van der Waals surface area contributed by atoms with Gasteiger partial charge in [-0.15, -0.1) is 0 Å². The minimum absolute atomic E-state index is 0.212. The van der Waals surface area contributed by atoms with Crippen molar-refractivity contribution in [2.24, 2.45) is 0 Å². The Hall–Kier alpha value is -3.21. The minimum Gasteiger partial charge on any atom is -0.378 e. The number of aromatic nitrogens is 1. The summed E-state index contributed by atoms with van der Waals surface area (Å²) >= 11 is 6.97. The lowest BCUT2D eigenvalue weighted by atomic mass is 9.87. The van der Waals surface area contributed by atoms with Crippen LogP contribution in [-0.4, -0.2) is 37.1 Å². The van der Waals surface area contributed by atoms with Crippen LogP contribution in [-0.2, 0) is 12.8 Å². The minimum atomic E-state index is -0.212. The van der Waals surface area contributed by atoms with Gasteiger partial charge in [0, 0.05) is 43.8 Å². The van der Waals surface area contributed by atoms with Crippen LogP contribution in [0.25, 0.3) is 11.1 Å². The first kappa shape index (κ1) is 27.8. The van der Waals surface area contributed by atoms with Gasteiger partial charge in [-0.05, 0) is 103 Å². The number of fused-ring (bicyclic) bond motifs is 1. The second-order valence-electron chi connectivity index (χ2n) is 10.1. The predicted octanol–water partition coefficient (Wildman–Crippen LogP) is 7.63. The zero-order valence-electron chi connectivity index (χ0n) is 22.7. The van der Waals surface area contributed by atoms with Crippen LogP contribution in [0.3, 0.4) is 0 Å². The molecule has 0 fully saturated rings. The number of aryl methyl sites for hydroxylation is 3. The van der Waals surface area contributed by atoms with E-state index in [-0.39, 0.29) is 5.82 Å². The number of hydrogen-bond donors (Lipinski definition) is 1. The molecule has 0 saturated heterocycles. The molecule has 1 aromatic heterocycles. The number of nitrogens with zero attached hydrogens (tertiary/aromatic N) is 2. The lowest BCUT2D eigenvalue weighted by Gasteiger charge is -2.19. The average Bonchev–Trinajstić information content (AvgIpc) is 3.07. The number of nitrogens with one attached hydrogen (secondary N) is 1. The largest absolute Gasteiger partial charge is 0.378 e. The summed E-state index contributed by atoms with van der Waals surface area (Å²) in [4.78, 5) is 6.81. The Morgan fingerprint density at radius 2 is 1.92 bits per heavy atom. The van der Waals surface area contributed by atoms with E-state index in [0.29, 0.717) is 5.02 Å². The van der Waals surface area contributed by atoms with Gasteiger partial charge in [0.05, 0.1) is 5.02 Å². The smallest absolute Gasteiger partial charge is 0.123 e. The van der Waals surface area contributed by atoms with Crippen LogP contribution in [0, 0.1) is 12.7 Å². The Bertz CT molecular complexity index is 1360. The summed E-state index contributed by atoms with van der Waals surface area (Å²) in [6, 6.07) is 15.6. The molecule has 0 saturated carbocycles. The molecule has 1 aliphatic rings. The lowest BCUT2D eigenvalue weighted by Crippen LogP contribution is -2.16. The van der Waals surface area contributed by atoms with Crippen molar-refractivity contribution in [3.8, 4) is 0 Å². The maximum absolute atomic E-state index is 14.0. The molecule has 3 nitrogen and oxygen atoms in total. The van der Waals surface area contributed by atoms with Crippen LogP contribution in [0.4, 0.5) is 4.39 Å². The fourth-order valence-electron chi connectivity index (χ4n) is 4.98. The van der Waals surface area contributed by atoms with Crippen molar-refractivity contribution in [2.45, 2.75) is 39.0 Å². The van der Waals surface area contributed by atoms with Crippen molar-refractivity contribution >= 4 is 22.7 Å².